The summed E-state index contributed by atoms with van der Waals surface area (Å²) in [4.78, 5) is 16.6. The van der Waals surface area contributed by atoms with Gasteiger partial charge >= 0.3 is 0 Å². The highest BCUT2D eigenvalue weighted by atomic mass is 32.2. The molecule has 1 unspecified atom stereocenters. The first-order valence-corrected chi connectivity index (χ1v) is 10.2. The van der Waals surface area contributed by atoms with Gasteiger partial charge < -0.3 is 9.26 Å². The van der Waals surface area contributed by atoms with Gasteiger partial charge in [0.25, 0.3) is 5.91 Å². The van der Waals surface area contributed by atoms with Crippen molar-refractivity contribution in [2.24, 2.45) is 4.36 Å². The summed E-state index contributed by atoms with van der Waals surface area (Å²) in [6, 6.07) is 13.9. The van der Waals surface area contributed by atoms with Crippen LogP contribution in [0.4, 0.5) is 0 Å². The van der Waals surface area contributed by atoms with Crippen LogP contribution in [0, 0.1) is 6.92 Å². The molecule has 1 atom stereocenters. The Bertz CT molecular complexity index is 1080. The number of methoxy groups -OCH3 is 1. The molecule has 3 aromatic rings. The zero-order valence-corrected chi connectivity index (χ0v) is 16.0. The van der Waals surface area contributed by atoms with Gasteiger partial charge in [0, 0.05) is 24.3 Å². The van der Waals surface area contributed by atoms with Crippen LogP contribution < -0.4 is 4.74 Å². The lowest BCUT2D eigenvalue weighted by molar-refractivity contribution is 0.100. The summed E-state index contributed by atoms with van der Waals surface area (Å²) in [7, 11) is -1.16. The van der Waals surface area contributed by atoms with Gasteiger partial charge in [0.05, 0.1) is 22.6 Å². The van der Waals surface area contributed by atoms with Crippen LogP contribution in [0.5, 0.6) is 5.75 Å². The van der Waals surface area contributed by atoms with Gasteiger partial charge in [-0.15, -0.1) is 0 Å². The Kier molecular flexibility index (Phi) is 5.36. The zero-order valence-electron chi connectivity index (χ0n) is 15.2. The quantitative estimate of drug-likeness (QED) is 0.667. The lowest BCUT2D eigenvalue weighted by atomic mass is 10.1. The van der Waals surface area contributed by atoms with Gasteiger partial charge in [-0.3, -0.25) is 4.79 Å². The summed E-state index contributed by atoms with van der Waals surface area (Å²) >= 11 is 0. The molecule has 0 N–H and O–H groups in total. The molecular weight excluding hydrogens is 366 g/mol. The summed E-state index contributed by atoms with van der Waals surface area (Å²) in [6.45, 7) is 1.69. The third-order valence-corrected chi connectivity index (χ3v) is 5.19. The highest BCUT2D eigenvalue weighted by molar-refractivity contribution is 7.92. The smallest absolute Gasteiger partial charge is 0.285 e. The van der Waals surface area contributed by atoms with Crippen molar-refractivity contribution in [3.63, 3.8) is 0 Å². The number of aromatic nitrogens is 2. The fourth-order valence-electron chi connectivity index (χ4n) is 2.50. The topological polar surface area (TPSA) is 94.7 Å². The van der Waals surface area contributed by atoms with E-state index in [9.17, 15) is 9.00 Å². The summed E-state index contributed by atoms with van der Waals surface area (Å²) in [6.07, 6.45) is 1.47. The van der Waals surface area contributed by atoms with Crippen LogP contribution in [0.25, 0.3) is 11.4 Å². The molecule has 1 amide bonds. The lowest BCUT2D eigenvalue weighted by Crippen LogP contribution is -2.06. The number of carbonyl (C=O) groups is 1. The average molecular weight is 385 g/mol. The van der Waals surface area contributed by atoms with Gasteiger partial charge in [0.2, 0.25) is 11.7 Å². The van der Waals surface area contributed by atoms with Crippen molar-refractivity contribution in [2.75, 3.05) is 13.4 Å². The van der Waals surface area contributed by atoms with Crippen LogP contribution in [0.3, 0.4) is 0 Å². The maximum atomic E-state index is 12.8. The van der Waals surface area contributed by atoms with E-state index in [1.165, 1.54) is 6.26 Å². The van der Waals surface area contributed by atoms with E-state index in [2.05, 4.69) is 14.5 Å². The minimum atomic E-state index is -2.74. The third kappa shape index (κ3) is 4.79. The summed E-state index contributed by atoms with van der Waals surface area (Å²) in [5.74, 6) is 1.16. The summed E-state index contributed by atoms with van der Waals surface area (Å²) < 4.78 is 26.8. The number of hydrogen-bond acceptors (Lipinski definition) is 6. The monoisotopic (exact) mass is 385 g/mol. The van der Waals surface area contributed by atoms with Crippen LogP contribution in [0.2, 0.25) is 0 Å². The maximum absolute atomic E-state index is 12.8. The largest absolute Gasteiger partial charge is 0.497 e. The van der Waals surface area contributed by atoms with Gasteiger partial charge in [-0.1, -0.05) is 29.4 Å². The first-order valence-electron chi connectivity index (χ1n) is 8.14. The summed E-state index contributed by atoms with van der Waals surface area (Å²) in [5, 5.41) is 3.84. The minimum absolute atomic E-state index is 0.173. The van der Waals surface area contributed by atoms with Crippen molar-refractivity contribution in [1.82, 2.24) is 10.1 Å². The molecule has 0 aliphatic rings. The van der Waals surface area contributed by atoms with E-state index in [0.29, 0.717) is 28.6 Å². The van der Waals surface area contributed by atoms with Crippen LogP contribution >= 0.6 is 0 Å². The Morgan fingerprint density at radius 2 is 1.96 bits per heavy atom. The number of amides is 1. The second kappa shape index (κ2) is 7.71. The Labute approximate surface area is 157 Å². The van der Waals surface area contributed by atoms with E-state index in [1.54, 1.807) is 62.6 Å². The van der Waals surface area contributed by atoms with E-state index in [0.717, 1.165) is 5.56 Å². The molecule has 0 aliphatic heterocycles. The lowest BCUT2D eigenvalue weighted by Gasteiger charge is -2.06. The molecule has 0 bridgehead atoms. The number of rotatable bonds is 5. The van der Waals surface area contributed by atoms with Gasteiger partial charge in [0.15, 0.2) is 0 Å². The van der Waals surface area contributed by atoms with Gasteiger partial charge in [-0.2, -0.15) is 9.35 Å². The first-order chi connectivity index (χ1) is 12.9. The molecular formula is C19H19N3O4S. The molecule has 0 aliphatic carbocycles. The van der Waals surface area contributed by atoms with Crippen molar-refractivity contribution < 1.29 is 18.3 Å². The molecule has 3 rings (SSSR count). The summed E-state index contributed by atoms with van der Waals surface area (Å²) in [5.41, 5.74) is 1.76. The normalized spacial score (nSPS) is 13.0. The fourth-order valence-corrected chi connectivity index (χ4v) is 3.83. The van der Waals surface area contributed by atoms with E-state index in [4.69, 9.17) is 9.26 Å². The first kappa shape index (κ1) is 18.8. The van der Waals surface area contributed by atoms with Crippen LogP contribution in [0.15, 0.2) is 57.4 Å². The highest BCUT2D eigenvalue weighted by Crippen LogP contribution is 2.19. The Hall–Kier alpha value is -3.00. The van der Waals surface area contributed by atoms with E-state index in [-0.39, 0.29) is 5.75 Å². The van der Waals surface area contributed by atoms with Gasteiger partial charge in [0.1, 0.15) is 5.75 Å². The molecule has 7 nitrogen and oxygen atoms in total. The SMILES string of the molecule is COc1ccc(CS(C)(=O)=NC(=O)c2cccc(-c3noc(C)n3)c2)cc1. The molecule has 0 saturated carbocycles. The number of hydrogen-bond donors (Lipinski definition) is 0. The molecule has 1 heterocycles. The number of ether oxygens (including phenoxy) is 1. The molecule has 2 aromatic carbocycles. The predicted molar refractivity (Wildman–Crippen MR) is 102 cm³/mol. The third-order valence-electron chi connectivity index (χ3n) is 3.76. The number of carbonyl (C=O) groups excluding carboxylic acids is 1. The van der Waals surface area contributed by atoms with Crippen molar-refractivity contribution in [2.45, 2.75) is 12.7 Å². The van der Waals surface area contributed by atoms with E-state index < -0.39 is 15.6 Å². The van der Waals surface area contributed by atoms with Crippen LogP contribution in [-0.4, -0.2) is 33.6 Å². The average Bonchev–Trinajstić information content (AvgIpc) is 3.08. The standard InChI is InChI=1S/C19H19N3O4S/c1-13-20-18(21-26-13)15-5-4-6-16(11-15)19(23)22-27(3,24)12-14-7-9-17(25-2)10-8-14/h4-11H,12H2,1-3H3. The maximum Gasteiger partial charge on any atom is 0.285 e. The fraction of sp³-hybridized carbons (Fsp3) is 0.211. The Morgan fingerprint density at radius 1 is 1.22 bits per heavy atom. The molecule has 8 heteroatoms. The van der Waals surface area contributed by atoms with Crippen LogP contribution in [-0.2, 0) is 15.5 Å². The number of nitrogens with zero attached hydrogens (tertiary/aromatic N) is 3. The number of aryl methyl sites for hydroxylation is 1. The van der Waals surface area contributed by atoms with Crippen molar-refractivity contribution in [3.8, 4) is 17.1 Å². The molecule has 1 aromatic heterocycles. The van der Waals surface area contributed by atoms with E-state index in [1.807, 2.05) is 0 Å². The van der Waals surface area contributed by atoms with Crippen molar-refractivity contribution in [1.29, 1.82) is 0 Å². The molecule has 0 fully saturated rings. The van der Waals surface area contributed by atoms with Gasteiger partial charge in [-0.25, -0.2) is 4.21 Å². The van der Waals surface area contributed by atoms with E-state index >= 15 is 0 Å². The molecule has 0 saturated heterocycles. The predicted octanol–water partition coefficient (Wildman–Crippen LogP) is 3.49. The molecule has 0 radical (unpaired) electrons. The Morgan fingerprint density at radius 3 is 2.59 bits per heavy atom. The number of benzene rings is 2. The van der Waals surface area contributed by atoms with Gasteiger partial charge in [-0.05, 0) is 29.8 Å². The van der Waals surface area contributed by atoms with Crippen LogP contribution in [0.1, 0.15) is 21.8 Å². The molecule has 140 valence electrons. The minimum Gasteiger partial charge on any atom is -0.497 e. The Balaban J connectivity index is 1.82. The zero-order chi connectivity index (χ0) is 19.4. The highest BCUT2D eigenvalue weighted by Gasteiger charge is 2.13. The molecule has 27 heavy (non-hydrogen) atoms. The van der Waals surface area contributed by atoms with Crippen molar-refractivity contribution >= 4 is 15.6 Å². The molecule has 0 spiro atoms. The second-order valence-electron chi connectivity index (χ2n) is 6.07. The second-order valence-corrected chi connectivity index (χ2v) is 8.46. The van der Waals surface area contributed by atoms with Crippen molar-refractivity contribution in [3.05, 3.63) is 65.5 Å².